The Bertz CT molecular complexity index is 538. The molecule has 2 aromatic rings. The van der Waals surface area contributed by atoms with Crippen molar-refractivity contribution >= 4 is 5.96 Å². The smallest absolute Gasteiger partial charge is 0.193 e. The van der Waals surface area contributed by atoms with E-state index in [4.69, 9.17) is 9.15 Å². The van der Waals surface area contributed by atoms with E-state index < -0.39 is 0 Å². The van der Waals surface area contributed by atoms with Gasteiger partial charge in [-0.1, -0.05) is 18.2 Å². The summed E-state index contributed by atoms with van der Waals surface area (Å²) in [6.07, 6.45) is 1.66. The summed E-state index contributed by atoms with van der Waals surface area (Å²) >= 11 is 0. The summed E-state index contributed by atoms with van der Waals surface area (Å²) in [4.78, 5) is 6.27. The number of furan rings is 1. The van der Waals surface area contributed by atoms with Crippen molar-refractivity contribution in [1.29, 1.82) is 0 Å². The Morgan fingerprint density at radius 1 is 1.24 bits per heavy atom. The second-order valence-electron chi connectivity index (χ2n) is 4.56. The summed E-state index contributed by atoms with van der Waals surface area (Å²) in [6, 6.07) is 13.6. The lowest BCUT2D eigenvalue weighted by Gasteiger charge is -2.21. The van der Waals surface area contributed by atoms with Gasteiger partial charge >= 0.3 is 0 Å². The fourth-order valence-electron chi connectivity index (χ4n) is 1.89. The summed E-state index contributed by atoms with van der Waals surface area (Å²) in [6.45, 7) is 1.96. The van der Waals surface area contributed by atoms with Gasteiger partial charge in [-0.15, -0.1) is 0 Å². The number of rotatable bonds is 6. The molecule has 1 aromatic carbocycles. The highest BCUT2D eigenvalue weighted by atomic mass is 16.5. The van der Waals surface area contributed by atoms with Crippen molar-refractivity contribution < 1.29 is 9.15 Å². The molecule has 0 radical (unpaired) electrons. The quantitative estimate of drug-likeness (QED) is 0.654. The van der Waals surface area contributed by atoms with Gasteiger partial charge in [-0.2, -0.15) is 0 Å². The first-order chi connectivity index (χ1) is 10.3. The molecule has 0 saturated heterocycles. The Balaban J connectivity index is 1.74. The van der Waals surface area contributed by atoms with Gasteiger partial charge in [-0.3, -0.25) is 4.99 Å². The Morgan fingerprint density at radius 3 is 2.71 bits per heavy atom. The van der Waals surface area contributed by atoms with Gasteiger partial charge in [0.15, 0.2) is 5.96 Å². The number of nitrogens with zero attached hydrogens (tertiary/aromatic N) is 2. The minimum absolute atomic E-state index is 0.599. The van der Waals surface area contributed by atoms with Crippen LogP contribution in [0.25, 0.3) is 0 Å². The number of nitrogens with one attached hydrogen (secondary N) is 1. The third kappa shape index (κ3) is 4.87. The molecule has 2 rings (SSSR count). The van der Waals surface area contributed by atoms with E-state index >= 15 is 0 Å². The molecule has 5 nitrogen and oxygen atoms in total. The number of hydrogen-bond donors (Lipinski definition) is 1. The van der Waals surface area contributed by atoms with Crippen molar-refractivity contribution in [2.45, 2.75) is 6.54 Å². The highest BCUT2D eigenvalue weighted by Crippen LogP contribution is 2.07. The van der Waals surface area contributed by atoms with E-state index in [0.717, 1.165) is 24.0 Å². The summed E-state index contributed by atoms with van der Waals surface area (Å²) in [7, 11) is 3.74. The van der Waals surface area contributed by atoms with E-state index in [-0.39, 0.29) is 0 Å². The third-order valence-corrected chi connectivity index (χ3v) is 3.01. The Morgan fingerprint density at radius 2 is 2.05 bits per heavy atom. The number of guanidine groups is 1. The Kier molecular flexibility index (Phi) is 5.70. The molecular formula is C16H21N3O2. The van der Waals surface area contributed by atoms with Crippen LogP contribution in [-0.2, 0) is 6.54 Å². The largest absolute Gasteiger partial charge is 0.492 e. The van der Waals surface area contributed by atoms with Gasteiger partial charge in [0, 0.05) is 14.1 Å². The van der Waals surface area contributed by atoms with Crippen molar-refractivity contribution in [3.05, 3.63) is 54.5 Å². The van der Waals surface area contributed by atoms with Gasteiger partial charge < -0.3 is 19.4 Å². The highest BCUT2D eigenvalue weighted by molar-refractivity contribution is 5.79. The van der Waals surface area contributed by atoms with E-state index in [1.165, 1.54) is 0 Å². The second kappa shape index (κ2) is 7.99. The van der Waals surface area contributed by atoms with Crippen LogP contribution < -0.4 is 10.1 Å². The van der Waals surface area contributed by atoms with Crippen molar-refractivity contribution in [3.63, 3.8) is 0 Å². The number of ether oxygens (including phenoxy) is 1. The number of benzene rings is 1. The average molecular weight is 287 g/mol. The maximum atomic E-state index is 5.68. The molecular weight excluding hydrogens is 266 g/mol. The monoisotopic (exact) mass is 287 g/mol. The number of likely N-dealkylation sites (N-methyl/N-ethyl adjacent to an activating group) is 1. The molecule has 0 amide bonds. The molecule has 0 unspecified atom stereocenters. The molecule has 0 fully saturated rings. The van der Waals surface area contributed by atoms with Crippen molar-refractivity contribution in [2.24, 2.45) is 4.99 Å². The van der Waals surface area contributed by atoms with Crippen LogP contribution >= 0.6 is 0 Å². The molecule has 1 aromatic heterocycles. The summed E-state index contributed by atoms with van der Waals surface area (Å²) < 4.78 is 11.0. The minimum Gasteiger partial charge on any atom is -0.492 e. The van der Waals surface area contributed by atoms with Crippen LogP contribution in [-0.4, -0.2) is 38.1 Å². The lowest BCUT2D eigenvalue weighted by atomic mass is 10.3. The number of aliphatic imine (C=N–C) groups is 1. The van der Waals surface area contributed by atoms with Crippen LogP contribution in [0, 0.1) is 0 Å². The van der Waals surface area contributed by atoms with E-state index in [2.05, 4.69) is 10.3 Å². The fraction of sp³-hybridized carbons (Fsp3) is 0.312. The molecule has 5 heteroatoms. The number of para-hydroxylation sites is 1. The molecule has 1 N–H and O–H groups in total. The SMILES string of the molecule is CN=C(NCc1ccco1)N(C)CCOc1ccccc1. The van der Waals surface area contributed by atoms with E-state index in [1.807, 2.05) is 54.4 Å². The van der Waals surface area contributed by atoms with Gasteiger partial charge in [0.1, 0.15) is 18.1 Å². The molecule has 0 atom stereocenters. The van der Waals surface area contributed by atoms with Gasteiger partial charge in [0.05, 0.1) is 19.4 Å². The zero-order valence-electron chi connectivity index (χ0n) is 12.5. The maximum absolute atomic E-state index is 5.68. The zero-order valence-corrected chi connectivity index (χ0v) is 12.5. The summed E-state index contributed by atoms with van der Waals surface area (Å²) in [5.41, 5.74) is 0. The lowest BCUT2D eigenvalue weighted by Crippen LogP contribution is -2.40. The molecule has 0 spiro atoms. The van der Waals surface area contributed by atoms with Crippen LogP contribution in [0.5, 0.6) is 5.75 Å². The second-order valence-corrected chi connectivity index (χ2v) is 4.56. The number of hydrogen-bond acceptors (Lipinski definition) is 3. The van der Waals surface area contributed by atoms with Crippen LogP contribution in [0.2, 0.25) is 0 Å². The van der Waals surface area contributed by atoms with E-state index in [9.17, 15) is 0 Å². The van der Waals surface area contributed by atoms with Crippen molar-refractivity contribution in [1.82, 2.24) is 10.2 Å². The first kappa shape index (κ1) is 15.0. The lowest BCUT2D eigenvalue weighted by molar-refractivity contribution is 0.281. The van der Waals surface area contributed by atoms with E-state index in [1.54, 1.807) is 13.3 Å². The zero-order chi connectivity index (χ0) is 14.9. The van der Waals surface area contributed by atoms with E-state index in [0.29, 0.717) is 13.2 Å². The van der Waals surface area contributed by atoms with Gasteiger partial charge in [-0.05, 0) is 24.3 Å². The summed E-state index contributed by atoms with van der Waals surface area (Å²) in [5.74, 6) is 2.57. The predicted molar refractivity (Wildman–Crippen MR) is 83.5 cm³/mol. The van der Waals surface area contributed by atoms with Gasteiger partial charge in [0.2, 0.25) is 0 Å². The molecule has 21 heavy (non-hydrogen) atoms. The topological polar surface area (TPSA) is 50.0 Å². The molecule has 0 aliphatic carbocycles. The Labute approximate surface area is 125 Å². The van der Waals surface area contributed by atoms with Crippen LogP contribution in [0.4, 0.5) is 0 Å². The minimum atomic E-state index is 0.599. The third-order valence-electron chi connectivity index (χ3n) is 3.01. The van der Waals surface area contributed by atoms with Gasteiger partial charge in [-0.25, -0.2) is 0 Å². The predicted octanol–water partition coefficient (Wildman–Crippen LogP) is 2.37. The van der Waals surface area contributed by atoms with Crippen LogP contribution in [0.3, 0.4) is 0 Å². The van der Waals surface area contributed by atoms with Gasteiger partial charge in [0.25, 0.3) is 0 Å². The first-order valence-corrected chi connectivity index (χ1v) is 6.91. The maximum Gasteiger partial charge on any atom is 0.193 e. The first-order valence-electron chi connectivity index (χ1n) is 6.91. The molecule has 0 aliphatic heterocycles. The van der Waals surface area contributed by atoms with Crippen LogP contribution in [0.1, 0.15) is 5.76 Å². The molecule has 0 bridgehead atoms. The van der Waals surface area contributed by atoms with Crippen LogP contribution in [0.15, 0.2) is 58.1 Å². The Hall–Kier alpha value is -2.43. The summed E-state index contributed by atoms with van der Waals surface area (Å²) in [5, 5.41) is 3.25. The normalized spacial score (nSPS) is 11.2. The molecule has 112 valence electrons. The molecule has 0 saturated carbocycles. The highest BCUT2D eigenvalue weighted by Gasteiger charge is 2.06. The molecule has 1 heterocycles. The van der Waals surface area contributed by atoms with Crippen molar-refractivity contribution in [3.8, 4) is 5.75 Å². The standard InChI is InChI=1S/C16H21N3O2/c1-17-16(18-13-15-9-6-11-20-15)19(2)10-12-21-14-7-4-3-5-8-14/h3-9,11H,10,12-13H2,1-2H3,(H,17,18). The van der Waals surface area contributed by atoms with Crippen molar-refractivity contribution in [2.75, 3.05) is 27.2 Å². The molecule has 0 aliphatic rings. The fourth-order valence-corrected chi connectivity index (χ4v) is 1.89. The average Bonchev–Trinajstić information content (AvgIpc) is 3.02.